The van der Waals surface area contributed by atoms with Crippen LogP contribution in [0.5, 0.6) is 5.75 Å². The van der Waals surface area contributed by atoms with E-state index in [2.05, 4.69) is 10.2 Å². The van der Waals surface area contributed by atoms with Crippen molar-refractivity contribution in [1.29, 1.82) is 0 Å². The Morgan fingerprint density at radius 3 is 2.41 bits per heavy atom. The number of carbonyl (C=O) groups excluding carboxylic acids is 3. The third-order valence-corrected chi connectivity index (χ3v) is 7.78. The zero-order valence-electron chi connectivity index (χ0n) is 24.4. The van der Waals surface area contributed by atoms with E-state index in [9.17, 15) is 29.7 Å². The van der Waals surface area contributed by atoms with Crippen LogP contribution in [0.2, 0.25) is 0 Å². The van der Waals surface area contributed by atoms with E-state index < -0.39 is 12.5 Å². The number of aliphatic hydroxyl groups excluding tert-OH is 2. The molecular weight excluding hydrogens is 528 g/mol. The van der Waals surface area contributed by atoms with Gasteiger partial charge in [0.2, 0.25) is 0 Å². The summed E-state index contributed by atoms with van der Waals surface area (Å²) >= 11 is 0. The molecule has 2 aromatic rings. The minimum Gasteiger partial charge on any atom is -0.507 e. The molecule has 2 heterocycles. The van der Waals surface area contributed by atoms with Gasteiger partial charge in [0.05, 0.1) is 25.1 Å². The van der Waals surface area contributed by atoms with Crippen LogP contribution >= 0.6 is 0 Å². The fourth-order valence-electron chi connectivity index (χ4n) is 6.02. The van der Waals surface area contributed by atoms with Crippen molar-refractivity contribution in [3.63, 3.8) is 0 Å². The molecule has 1 aliphatic carbocycles. The van der Waals surface area contributed by atoms with E-state index in [1.54, 1.807) is 6.07 Å². The van der Waals surface area contributed by atoms with Gasteiger partial charge in [-0.05, 0) is 108 Å². The maximum absolute atomic E-state index is 13.2. The zero-order valence-corrected chi connectivity index (χ0v) is 24.4. The number of likely N-dealkylation sites (tertiary alicyclic amines) is 1. The van der Waals surface area contributed by atoms with Gasteiger partial charge in [0.15, 0.2) is 5.78 Å². The van der Waals surface area contributed by atoms with E-state index in [1.165, 1.54) is 25.8 Å². The van der Waals surface area contributed by atoms with Crippen molar-refractivity contribution in [2.24, 2.45) is 17.8 Å². The predicted molar refractivity (Wildman–Crippen MR) is 160 cm³/mol. The first-order chi connectivity index (χ1) is 19.2. The lowest BCUT2D eigenvalue weighted by Crippen LogP contribution is -2.32. The van der Waals surface area contributed by atoms with E-state index in [4.69, 9.17) is 4.42 Å². The van der Waals surface area contributed by atoms with E-state index in [1.807, 2.05) is 26.2 Å². The fraction of sp³-hybridized carbons (Fsp3) is 0.581. The van der Waals surface area contributed by atoms with Gasteiger partial charge in [0.25, 0.3) is 0 Å². The van der Waals surface area contributed by atoms with E-state index in [-0.39, 0.29) is 69.1 Å². The average Bonchev–Trinajstić information content (AvgIpc) is 3.57. The summed E-state index contributed by atoms with van der Waals surface area (Å²) < 4.78 is 6.17. The van der Waals surface area contributed by atoms with Crippen LogP contribution in [0, 0.1) is 17.8 Å². The van der Waals surface area contributed by atoms with Crippen LogP contribution in [-0.2, 0) is 22.6 Å². The molecule has 3 unspecified atom stereocenters. The topological polar surface area (TPSA) is 172 Å². The lowest BCUT2D eigenvalue weighted by molar-refractivity contribution is -0.131. The monoisotopic (exact) mass is 578 g/mol. The van der Waals surface area contributed by atoms with Crippen LogP contribution in [0.25, 0.3) is 11.3 Å². The Morgan fingerprint density at radius 1 is 1.12 bits per heavy atom. The number of rotatable bonds is 12. The number of aromatic hydroxyl groups is 1. The SMILES string of the molecule is CC(=O)CC(=O)C(CO)C(CCO)CC1CC(=O)c2c(O)ccc(-c3ccc(CN4CCCC4)o3)c2C1.CNC.O.[HH].[HH]. The second-order valence-electron chi connectivity index (χ2n) is 11.1. The van der Waals surface area contributed by atoms with Crippen molar-refractivity contribution in [3.05, 3.63) is 41.2 Å². The third kappa shape index (κ3) is 9.05. The Morgan fingerprint density at radius 2 is 1.80 bits per heavy atom. The van der Waals surface area contributed by atoms with E-state index in [0.29, 0.717) is 24.2 Å². The number of fused-ring (bicyclic) bond motifs is 1. The molecule has 232 valence electrons. The standard InChI is InChI=1S/C29H37NO7.C2H7N.H2O.2H2/c1-18(33)12-26(35)24(17-32)20(8-11-31)13-19-14-23-22(5-6-25(34)29(23)27(36)15-19)28-7-4-21(37-28)16-30-9-2-3-10-30;1-3-2;;;/h4-7,19-20,24,31-32,34H,2-3,8-17H2,1H3;3H,1-2H3;1H2;2*1H. The summed E-state index contributed by atoms with van der Waals surface area (Å²) in [6.07, 6.45) is 3.55. The van der Waals surface area contributed by atoms with E-state index >= 15 is 0 Å². The van der Waals surface area contributed by atoms with Gasteiger partial charge in [0, 0.05) is 27.4 Å². The Kier molecular flexibility index (Phi) is 13.8. The lowest BCUT2D eigenvalue weighted by atomic mass is 9.72. The quantitative estimate of drug-likeness (QED) is 0.276. The molecule has 0 radical (unpaired) electrons. The van der Waals surface area contributed by atoms with Gasteiger partial charge in [-0.3, -0.25) is 19.3 Å². The number of phenols is 1. The van der Waals surface area contributed by atoms with Crippen LogP contribution < -0.4 is 5.32 Å². The maximum Gasteiger partial charge on any atom is 0.167 e. The Balaban J connectivity index is 0.00000282. The van der Waals surface area contributed by atoms with Crippen LogP contribution in [-0.4, -0.2) is 83.4 Å². The highest BCUT2D eigenvalue weighted by Crippen LogP contribution is 2.41. The molecule has 1 fully saturated rings. The molecule has 1 aromatic heterocycles. The van der Waals surface area contributed by atoms with Crippen molar-refractivity contribution in [2.45, 2.75) is 58.4 Å². The molecular formula is C31H50N2O8. The first-order valence-electron chi connectivity index (χ1n) is 14.2. The molecule has 1 saturated heterocycles. The molecule has 0 bridgehead atoms. The molecule has 1 aromatic carbocycles. The normalized spacial score (nSPS) is 18.1. The summed E-state index contributed by atoms with van der Waals surface area (Å²) in [6, 6.07) is 7.17. The Hall–Kier alpha value is -2.89. The smallest absolute Gasteiger partial charge is 0.167 e. The number of ketones is 3. The number of nitrogens with one attached hydrogen (secondary N) is 1. The molecule has 6 N–H and O–H groups in total. The first-order valence-corrected chi connectivity index (χ1v) is 14.2. The van der Waals surface area contributed by atoms with Gasteiger partial charge in [-0.2, -0.15) is 0 Å². The number of nitrogens with zero attached hydrogens (tertiary/aromatic N) is 1. The summed E-state index contributed by atoms with van der Waals surface area (Å²) in [7, 11) is 3.75. The van der Waals surface area contributed by atoms with Gasteiger partial charge < -0.3 is 30.5 Å². The molecule has 10 nitrogen and oxygen atoms in total. The highest BCUT2D eigenvalue weighted by molar-refractivity contribution is 6.03. The van der Waals surface area contributed by atoms with Gasteiger partial charge in [-0.15, -0.1) is 0 Å². The minimum atomic E-state index is -0.769. The van der Waals surface area contributed by atoms with Crippen LogP contribution in [0.4, 0.5) is 0 Å². The number of phenolic OH excluding ortho intramolecular Hbond substituents is 1. The van der Waals surface area contributed by atoms with Crippen molar-refractivity contribution in [2.75, 3.05) is 40.4 Å². The maximum atomic E-state index is 13.2. The molecule has 0 amide bonds. The molecule has 10 heteroatoms. The summed E-state index contributed by atoms with van der Waals surface area (Å²) in [5, 5.41) is 32.9. The number of Topliss-reactive ketones (excluding diaryl/α,β-unsaturated/α-hetero) is 3. The first kappa shape index (κ1) is 34.3. The van der Waals surface area contributed by atoms with Crippen molar-refractivity contribution >= 4 is 17.3 Å². The van der Waals surface area contributed by atoms with Crippen LogP contribution in [0.15, 0.2) is 28.7 Å². The number of hydrogen-bond acceptors (Lipinski definition) is 9. The zero-order chi connectivity index (χ0) is 29.2. The van der Waals surface area contributed by atoms with Gasteiger partial charge in [0.1, 0.15) is 28.8 Å². The lowest BCUT2D eigenvalue weighted by Gasteiger charge is -2.31. The highest BCUT2D eigenvalue weighted by Gasteiger charge is 2.35. The second-order valence-corrected chi connectivity index (χ2v) is 11.1. The second kappa shape index (κ2) is 16.5. The molecule has 2 aliphatic rings. The molecule has 0 saturated carbocycles. The van der Waals surface area contributed by atoms with Gasteiger partial charge in [-0.1, -0.05) is 0 Å². The number of aliphatic hydroxyl groups is 2. The molecule has 4 rings (SSSR count). The largest absolute Gasteiger partial charge is 0.507 e. The van der Waals surface area contributed by atoms with Gasteiger partial charge >= 0.3 is 0 Å². The summed E-state index contributed by atoms with van der Waals surface area (Å²) in [4.78, 5) is 39.7. The predicted octanol–water partition coefficient (Wildman–Crippen LogP) is 3.04. The van der Waals surface area contributed by atoms with Crippen molar-refractivity contribution in [1.82, 2.24) is 10.2 Å². The molecule has 0 spiro atoms. The number of carbonyl (C=O) groups is 3. The number of hydrogen-bond donors (Lipinski definition) is 4. The summed E-state index contributed by atoms with van der Waals surface area (Å²) in [5.74, 6) is -0.602. The van der Waals surface area contributed by atoms with Crippen molar-refractivity contribution < 1.29 is 42.4 Å². The average molecular weight is 579 g/mol. The highest BCUT2D eigenvalue weighted by atomic mass is 16.3. The molecule has 3 atom stereocenters. The Labute approximate surface area is 245 Å². The third-order valence-electron chi connectivity index (χ3n) is 7.78. The molecule has 1 aliphatic heterocycles. The number of benzene rings is 1. The van der Waals surface area contributed by atoms with Gasteiger partial charge in [-0.25, -0.2) is 0 Å². The number of furan rings is 1. The van der Waals surface area contributed by atoms with Crippen molar-refractivity contribution in [3.8, 4) is 17.1 Å². The Bertz CT molecular complexity index is 1170. The summed E-state index contributed by atoms with van der Waals surface area (Å²) in [5.41, 5.74) is 1.81. The van der Waals surface area contributed by atoms with E-state index in [0.717, 1.165) is 36.5 Å². The van der Waals surface area contributed by atoms with Crippen LogP contribution in [0.1, 0.15) is 70.0 Å². The van der Waals surface area contributed by atoms with Crippen LogP contribution in [0.3, 0.4) is 0 Å². The fourth-order valence-corrected chi connectivity index (χ4v) is 6.02. The minimum absolute atomic E-state index is 0. The molecule has 41 heavy (non-hydrogen) atoms. The summed E-state index contributed by atoms with van der Waals surface area (Å²) in [6.45, 7) is 3.61.